The molecule has 1 unspecified atom stereocenters. The van der Waals surface area contributed by atoms with E-state index < -0.39 is 53.2 Å². The van der Waals surface area contributed by atoms with Crippen molar-refractivity contribution in [2.75, 3.05) is 59.7 Å². The van der Waals surface area contributed by atoms with Crippen LogP contribution in [0, 0.1) is 11.6 Å². The Bertz CT molecular complexity index is 2760. The Morgan fingerprint density at radius 3 is 2.42 bits per heavy atom. The number of rotatable bonds is 11. The smallest absolute Gasteiger partial charge is 0.255 e. The van der Waals surface area contributed by atoms with Crippen LogP contribution in [0.2, 0.25) is 0 Å². The number of carbonyl (C=O) groups excluding carboxylic acids is 5. The summed E-state index contributed by atoms with van der Waals surface area (Å²) in [5, 5.41) is 21.5. The summed E-state index contributed by atoms with van der Waals surface area (Å²) in [5.41, 5.74) is 2.64. The number of aliphatic hydroxyl groups is 1. The molecule has 0 bridgehead atoms. The van der Waals surface area contributed by atoms with Gasteiger partial charge in [0.15, 0.2) is 11.2 Å². The van der Waals surface area contributed by atoms with Gasteiger partial charge in [0.2, 0.25) is 17.7 Å². The second kappa shape index (κ2) is 17.8. The first-order valence-corrected chi connectivity index (χ1v) is 23.2. The van der Waals surface area contributed by atoms with Crippen LogP contribution in [0.1, 0.15) is 65.5 Å². The molecular formula is C47H47F3N10O6S. The van der Waals surface area contributed by atoms with Crippen LogP contribution in [-0.4, -0.2) is 116 Å². The van der Waals surface area contributed by atoms with Crippen LogP contribution < -0.4 is 25.8 Å². The summed E-state index contributed by atoms with van der Waals surface area (Å²) < 4.78 is 47.3. The summed E-state index contributed by atoms with van der Waals surface area (Å²) in [6.45, 7) is 2.60. The molecular weight excluding hydrogens is 890 g/mol. The van der Waals surface area contributed by atoms with Crippen molar-refractivity contribution in [1.29, 1.82) is 0 Å². The molecule has 3 aromatic carbocycles. The predicted octanol–water partition coefficient (Wildman–Crippen LogP) is 4.80. The zero-order chi connectivity index (χ0) is 46.6. The monoisotopic (exact) mass is 936 g/mol. The van der Waals surface area contributed by atoms with Gasteiger partial charge in [0.05, 0.1) is 42.8 Å². The van der Waals surface area contributed by atoms with E-state index in [0.717, 1.165) is 5.69 Å². The number of alkyl halides is 1. The lowest BCUT2D eigenvalue weighted by atomic mass is 9.87. The van der Waals surface area contributed by atoms with Gasteiger partial charge in [-0.2, -0.15) is 0 Å². The van der Waals surface area contributed by atoms with Gasteiger partial charge in [0.25, 0.3) is 11.8 Å². The normalized spacial score (nSPS) is 20.7. The van der Waals surface area contributed by atoms with E-state index in [9.17, 15) is 33.5 Å². The number of aromatic nitrogens is 3. The number of piperidine rings is 2. The number of fused-ring (bicyclic) bond motifs is 2. The van der Waals surface area contributed by atoms with Crippen LogP contribution in [0.4, 0.5) is 35.4 Å². The molecule has 3 fully saturated rings. The zero-order valence-electron chi connectivity index (χ0n) is 36.2. The Balaban J connectivity index is 0.738. The quantitative estimate of drug-likeness (QED) is 0.134. The molecule has 3 atom stereocenters. The second-order valence-corrected chi connectivity index (χ2v) is 18.7. The van der Waals surface area contributed by atoms with Crippen LogP contribution in [0.5, 0.6) is 0 Å². The van der Waals surface area contributed by atoms with Gasteiger partial charge in [-0.25, -0.2) is 23.1 Å². The lowest BCUT2D eigenvalue weighted by molar-refractivity contribution is -0.138. The van der Waals surface area contributed by atoms with Gasteiger partial charge < -0.3 is 34.6 Å². The number of amides is 5. The minimum Gasteiger partial charge on any atom is -0.389 e. The highest BCUT2D eigenvalue weighted by Crippen LogP contribution is 2.39. The maximum atomic E-state index is 16.0. The van der Waals surface area contributed by atoms with Crippen molar-refractivity contribution in [2.45, 2.75) is 75.5 Å². The Morgan fingerprint density at radius 2 is 1.70 bits per heavy atom. The number of nitrogens with zero attached hydrogens (tertiary/aromatic N) is 7. The van der Waals surface area contributed by atoms with Crippen molar-refractivity contribution >= 4 is 63.1 Å². The van der Waals surface area contributed by atoms with Gasteiger partial charge in [0, 0.05) is 91.9 Å². The van der Waals surface area contributed by atoms with Crippen molar-refractivity contribution in [3.63, 3.8) is 0 Å². The fourth-order valence-electron chi connectivity index (χ4n) is 9.85. The van der Waals surface area contributed by atoms with Gasteiger partial charge in [0.1, 0.15) is 23.8 Å². The van der Waals surface area contributed by atoms with E-state index in [1.165, 1.54) is 40.9 Å². The maximum Gasteiger partial charge on any atom is 0.255 e. The van der Waals surface area contributed by atoms with Gasteiger partial charge >= 0.3 is 0 Å². The second-order valence-electron chi connectivity index (χ2n) is 17.8. The van der Waals surface area contributed by atoms with Crippen molar-refractivity contribution in [3.05, 3.63) is 107 Å². The maximum absolute atomic E-state index is 16.0. The first-order chi connectivity index (χ1) is 32.3. The molecule has 16 nitrogen and oxygen atoms in total. The van der Waals surface area contributed by atoms with Crippen molar-refractivity contribution in [2.24, 2.45) is 0 Å². The molecule has 2 aromatic heterocycles. The van der Waals surface area contributed by atoms with Crippen LogP contribution in [0.15, 0.2) is 72.5 Å². The fourth-order valence-corrected chi connectivity index (χ4v) is 10.4. The largest absolute Gasteiger partial charge is 0.389 e. The average molecular weight is 937 g/mol. The van der Waals surface area contributed by atoms with E-state index in [0.29, 0.717) is 79.0 Å². The van der Waals surface area contributed by atoms with Crippen LogP contribution in [0.25, 0.3) is 11.1 Å². The summed E-state index contributed by atoms with van der Waals surface area (Å²) in [7, 11) is 0. The average Bonchev–Trinajstić information content (AvgIpc) is 4.12. The lowest BCUT2D eigenvalue weighted by Gasteiger charge is -2.41. The fraction of sp³-hybridized carbons (Fsp3) is 0.383. The number of carbonyl (C=O) groups is 5. The Kier molecular flexibility index (Phi) is 11.7. The first kappa shape index (κ1) is 44.1. The molecule has 0 spiro atoms. The lowest BCUT2D eigenvalue weighted by Crippen LogP contribution is -2.52. The minimum atomic E-state index is -1.26. The summed E-state index contributed by atoms with van der Waals surface area (Å²) in [5.74, 6) is -3.14. The van der Waals surface area contributed by atoms with Crippen LogP contribution in [-0.2, 0) is 38.7 Å². The molecule has 4 N–H and O–H groups in total. The summed E-state index contributed by atoms with van der Waals surface area (Å²) in [6.07, 6.45) is 2.92. The molecule has 10 rings (SSSR count). The number of anilines is 4. The molecule has 0 radical (unpaired) electrons. The van der Waals surface area contributed by atoms with E-state index in [2.05, 4.69) is 30.8 Å². The number of thiazole rings is 1. The standard InChI is InChI=1S/C47H47F3N10O6S/c48-29-21-38-41(52-26-59(38)24-29)42(44(64)55-46-51-11-18-67-46)60-25-33-32(45(60)65)19-28(20-34(33)49)27-1-4-31(5-2-27)56-14-16-58(17-15-56)40(62)23-47(66)9-12-57(13-10-47)37-7-3-30(22-35(37)50)53-36-6-8-39(61)54-43(36)63/h1-5,7,11,18-20,22,26,29,36,42,53,66H,6,8-10,12-17,21,23-25H2,(H,51,55,64)(H,54,61,63)/t29-,36+,42?/m1/s1. The number of imide groups is 1. The molecule has 5 aromatic rings. The van der Waals surface area contributed by atoms with Crippen LogP contribution >= 0.6 is 11.3 Å². The number of piperazine rings is 1. The molecule has 5 aliphatic heterocycles. The Hall–Kier alpha value is -6.80. The molecule has 7 heterocycles. The van der Waals surface area contributed by atoms with Gasteiger partial charge in [-0.05, 0) is 72.9 Å². The number of halogens is 3. The van der Waals surface area contributed by atoms with Crippen molar-refractivity contribution in [3.8, 4) is 11.1 Å². The summed E-state index contributed by atoms with van der Waals surface area (Å²) >= 11 is 1.20. The third-order valence-electron chi connectivity index (χ3n) is 13.5. The number of imidazole rings is 1. The van der Waals surface area contributed by atoms with Crippen LogP contribution in [0.3, 0.4) is 0 Å². The molecule has 5 amide bonds. The molecule has 0 aliphatic carbocycles. The van der Waals surface area contributed by atoms with Crippen molar-refractivity contribution in [1.82, 2.24) is 29.7 Å². The van der Waals surface area contributed by atoms with Crippen molar-refractivity contribution < 1.29 is 42.3 Å². The number of benzene rings is 3. The topological polar surface area (TPSA) is 185 Å². The van der Waals surface area contributed by atoms with E-state index in [-0.39, 0.29) is 73.8 Å². The molecule has 348 valence electrons. The number of hydrogen-bond acceptors (Lipinski definition) is 12. The third kappa shape index (κ3) is 8.82. The predicted molar refractivity (Wildman–Crippen MR) is 242 cm³/mol. The van der Waals surface area contributed by atoms with Gasteiger partial charge in [-0.15, -0.1) is 11.3 Å². The molecule has 67 heavy (non-hydrogen) atoms. The molecule has 0 saturated carbocycles. The van der Waals surface area contributed by atoms with E-state index >= 15 is 8.78 Å². The highest BCUT2D eigenvalue weighted by molar-refractivity contribution is 7.13. The van der Waals surface area contributed by atoms with Gasteiger partial charge in [-0.1, -0.05) is 12.1 Å². The highest BCUT2D eigenvalue weighted by Gasteiger charge is 2.43. The zero-order valence-corrected chi connectivity index (χ0v) is 37.0. The van der Waals surface area contributed by atoms with E-state index in [1.54, 1.807) is 33.0 Å². The minimum absolute atomic E-state index is 0.0406. The Morgan fingerprint density at radius 1 is 0.925 bits per heavy atom. The van der Waals surface area contributed by atoms with E-state index in [4.69, 9.17) is 0 Å². The Labute approximate surface area is 386 Å². The SMILES string of the molecule is O=C1CC[C@H](Nc2ccc(N3CCC(O)(CC(=O)N4CCN(c5ccc(-c6cc(F)c7c(c6)C(=O)N(C(C(=O)Nc6nccs6)c6ncn8c6C[C@@H](F)C8)C7)cc5)CC4)CC3)c(F)c2)C(=O)N1. The number of nitrogens with one attached hydrogen (secondary N) is 3. The molecule has 5 aliphatic rings. The number of hydrogen-bond donors (Lipinski definition) is 4. The molecule has 20 heteroatoms. The van der Waals surface area contributed by atoms with Gasteiger partial charge in [-0.3, -0.25) is 34.6 Å². The van der Waals surface area contributed by atoms with E-state index in [1.807, 2.05) is 29.2 Å². The summed E-state index contributed by atoms with van der Waals surface area (Å²) in [6, 6.07) is 13.2. The third-order valence-corrected chi connectivity index (χ3v) is 14.2. The molecule has 3 saturated heterocycles. The first-order valence-electron chi connectivity index (χ1n) is 22.3. The highest BCUT2D eigenvalue weighted by atomic mass is 32.1. The summed E-state index contributed by atoms with van der Waals surface area (Å²) in [4.78, 5) is 80.6.